The quantitative estimate of drug-likeness (QED) is 0.327. The molecule has 0 spiro atoms. The summed E-state index contributed by atoms with van der Waals surface area (Å²) in [5.41, 5.74) is 0.449. The van der Waals surface area contributed by atoms with Gasteiger partial charge in [0.2, 0.25) is 10.9 Å². The SMILES string of the molecule is CCc1c(C)nc2s/c(=C\c3cc([N+](=O)[O-])ccc3Sc3nnc(C)o3)c(=O)n2c1=O. The lowest BCUT2D eigenvalue weighted by Crippen LogP contribution is -2.33. The first-order chi connectivity index (χ1) is 14.8. The van der Waals surface area contributed by atoms with E-state index >= 15 is 0 Å². The number of nitrogens with zero attached hydrogens (tertiary/aromatic N) is 5. The summed E-state index contributed by atoms with van der Waals surface area (Å²) < 4.78 is 6.66. The Balaban J connectivity index is 1.94. The van der Waals surface area contributed by atoms with Crippen molar-refractivity contribution >= 4 is 39.8 Å². The number of thiazole rings is 1. The fraction of sp³-hybridized carbons (Fsp3) is 0.211. The Hall–Kier alpha value is -3.38. The van der Waals surface area contributed by atoms with Gasteiger partial charge < -0.3 is 4.42 Å². The molecule has 158 valence electrons. The standard InChI is InChI=1S/C19H15N5O5S2/c1-4-13-9(2)20-18-23(16(13)25)17(26)15(30-18)8-11-7-12(24(27)28)5-6-14(11)31-19-22-21-10(3)29-19/h5-8H,4H2,1-3H3/b15-8-. The Morgan fingerprint density at radius 1 is 1.26 bits per heavy atom. The van der Waals surface area contributed by atoms with E-state index in [1.54, 1.807) is 19.9 Å². The average molecular weight is 457 g/mol. The molecule has 0 aliphatic rings. The number of fused-ring (bicyclic) bond motifs is 1. The molecule has 0 aliphatic heterocycles. The van der Waals surface area contributed by atoms with E-state index in [1.165, 1.54) is 18.2 Å². The number of rotatable bonds is 5. The maximum atomic E-state index is 12.9. The largest absolute Gasteiger partial charge is 0.416 e. The van der Waals surface area contributed by atoms with Gasteiger partial charge in [-0.25, -0.2) is 9.38 Å². The highest BCUT2D eigenvalue weighted by molar-refractivity contribution is 7.99. The predicted molar refractivity (Wildman–Crippen MR) is 115 cm³/mol. The highest BCUT2D eigenvalue weighted by Gasteiger charge is 2.16. The number of nitro benzene ring substituents is 1. The van der Waals surface area contributed by atoms with Gasteiger partial charge in [-0.05, 0) is 42.8 Å². The molecule has 0 atom stereocenters. The highest BCUT2D eigenvalue weighted by atomic mass is 32.2. The molecule has 0 bridgehead atoms. The van der Waals surface area contributed by atoms with Crippen LogP contribution in [0.1, 0.15) is 29.6 Å². The van der Waals surface area contributed by atoms with Gasteiger partial charge in [-0.1, -0.05) is 18.3 Å². The van der Waals surface area contributed by atoms with Gasteiger partial charge in [0.25, 0.3) is 22.0 Å². The molecule has 4 rings (SSSR count). The number of hydrogen-bond acceptors (Lipinski definition) is 10. The van der Waals surface area contributed by atoms with Crippen LogP contribution in [0.3, 0.4) is 0 Å². The van der Waals surface area contributed by atoms with Crippen LogP contribution in [-0.4, -0.2) is 24.5 Å². The van der Waals surface area contributed by atoms with Crippen LogP contribution >= 0.6 is 23.1 Å². The summed E-state index contributed by atoms with van der Waals surface area (Å²) in [5, 5.41) is 19.2. The minimum absolute atomic E-state index is 0.134. The molecule has 4 aromatic rings. The van der Waals surface area contributed by atoms with E-state index in [0.717, 1.165) is 27.5 Å². The zero-order valence-electron chi connectivity index (χ0n) is 16.6. The topological polar surface area (TPSA) is 134 Å². The Kier molecular flexibility index (Phi) is 5.41. The Morgan fingerprint density at radius 2 is 2.03 bits per heavy atom. The normalized spacial score (nSPS) is 12.0. The minimum Gasteiger partial charge on any atom is -0.416 e. The molecule has 3 aromatic heterocycles. The maximum absolute atomic E-state index is 12.9. The minimum atomic E-state index is -0.519. The summed E-state index contributed by atoms with van der Waals surface area (Å²) in [7, 11) is 0. The molecule has 0 saturated carbocycles. The molecule has 0 aliphatic carbocycles. The van der Waals surface area contributed by atoms with E-state index in [9.17, 15) is 19.7 Å². The van der Waals surface area contributed by atoms with Crippen molar-refractivity contribution in [2.75, 3.05) is 0 Å². The van der Waals surface area contributed by atoms with Gasteiger partial charge in [0, 0.05) is 35.2 Å². The number of aromatic nitrogens is 4. The zero-order valence-corrected chi connectivity index (χ0v) is 18.2. The van der Waals surface area contributed by atoms with Crippen LogP contribution in [-0.2, 0) is 6.42 Å². The molecule has 10 nitrogen and oxygen atoms in total. The first-order valence-electron chi connectivity index (χ1n) is 9.11. The second-order valence-corrected chi connectivity index (χ2v) is 8.54. The van der Waals surface area contributed by atoms with Crippen LogP contribution in [0, 0.1) is 24.0 Å². The van der Waals surface area contributed by atoms with Gasteiger partial charge in [-0.2, -0.15) is 0 Å². The summed E-state index contributed by atoms with van der Waals surface area (Å²) in [4.78, 5) is 41.7. The molecule has 12 heteroatoms. The van der Waals surface area contributed by atoms with E-state index < -0.39 is 10.5 Å². The zero-order chi connectivity index (χ0) is 22.3. The molecule has 0 unspecified atom stereocenters. The van der Waals surface area contributed by atoms with E-state index in [1.807, 2.05) is 6.92 Å². The van der Waals surface area contributed by atoms with Crippen molar-refractivity contribution in [1.82, 2.24) is 19.6 Å². The van der Waals surface area contributed by atoms with Crippen molar-refractivity contribution in [2.24, 2.45) is 0 Å². The van der Waals surface area contributed by atoms with Crippen molar-refractivity contribution in [3.63, 3.8) is 0 Å². The third kappa shape index (κ3) is 3.86. The van der Waals surface area contributed by atoms with Crippen LogP contribution in [0.4, 0.5) is 5.69 Å². The lowest BCUT2D eigenvalue weighted by atomic mass is 10.2. The first kappa shape index (κ1) is 20.9. The summed E-state index contributed by atoms with van der Waals surface area (Å²) in [6.07, 6.45) is 1.98. The van der Waals surface area contributed by atoms with Gasteiger partial charge in [0.1, 0.15) is 0 Å². The summed E-state index contributed by atoms with van der Waals surface area (Å²) >= 11 is 2.18. The third-order valence-electron chi connectivity index (χ3n) is 4.52. The Labute approximate surface area is 182 Å². The lowest BCUT2D eigenvalue weighted by Gasteiger charge is -2.02. The molecule has 0 N–H and O–H groups in total. The molecule has 3 heterocycles. The van der Waals surface area contributed by atoms with Gasteiger partial charge in [0.15, 0.2) is 0 Å². The first-order valence-corrected chi connectivity index (χ1v) is 10.7. The number of non-ortho nitro benzene ring substituents is 1. The maximum Gasteiger partial charge on any atom is 0.281 e. The summed E-state index contributed by atoms with van der Waals surface area (Å²) in [6.45, 7) is 5.21. The number of nitro groups is 1. The van der Waals surface area contributed by atoms with E-state index in [4.69, 9.17) is 4.42 Å². The molecule has 0 fully saturated rings. The van der Waals surface area contributed by atoms with Crippen molar-refractivity contribution in [1.29, 1.82) is 0 Å². The van der Waals surface area contributed by atoms with Crippen molar-refractivity contribution in [2.45, 2.75) is 37.3 Å². The van der Waals surface area contributed by atoms with Gasteiger partial charge in [-0.3, -0.25) is 19.7 Å². The molecule has 0 amide bonds. The Bertz CT molecular complexity index is 1500. The molecular formula is C19H15N5O5S2. The van der Waals surface area contributed by atoms with Crippen molar-refractivity contribution < 1.29 is 9.34 Å². The van der Waals surface area contributed by atoms with E-state index in [-0.39, 0.29) is 26.0 Å². The van der Waals surface area contributed by atoms with E-state index in [2.05, 4.69) is 15.2 Å². The smallest absolute Gasteiger partial charge is 0.281 e. The summed E-state index contributed by atoms with van der Waals surface area (Å²) in [6, 6.07) is 4.26. The second-order valence-electron chi connectivity index (χ2n) is 6.54. The number of benzene rings is 1. The van der Waals surface area contributed by atoms with Gasteiger partial charge >= 0.3 is 0 Å². The van der Waals surface area contributed by atoms with Crippen LogP contribution in [0.2, 0.25) is 0 Å². The molecular weight excluding hydrogens is 442 g/mol. The second kappa shape index (κ2) is 8.04. The molecule has 0 saturated heterocycles. The van der Waals surface area contributed by atoms with E-state index in [0.29, 0.717) is 34.0 Å². The van der Waals surface area contributed by atoms with Gasteiger partial charge in [0.05, 0.1) is 9.46 Å². The van der Waals surface area contributed by atoms with Crippen LogP contribution < -0.4 is 15.7 Å². The van der Waals surface area contributed by atoms with Crippen LogP contribution in [0.15, 0.2) is 42.3 Å². The van der Waals surface area contributed by atoms with Crippen LogP contribution in [0.5, 0.6) is 0 Å². The number of hydrogen-bond donors (Lipinski definition) is 0. The fourth-order valence-electron chi connectivity index (χ4n) is 3.05. The van der Waals surface area contributed by atoms with Crippen LogP contribution in [0.25, 0.3) is 11.0 Å². The Morgan fingerprint density at radius 3 is 2.68 bits per heavy atom. The highest BCUT2D eigenvalue weighted by Crippen LogP contribution is 2.32. The molecule has 1 aromatic carbocycles. The molecule has 31 heavy (non-hydrogen) atoms. The lowest BCUT2D eigenvalue weighted by molar-refractivity contribution is -0.384. The average Bonchev–Trinajstić information content (AvgIpc) is 3.26. The van der Waals surface area contributed by atoms with Crippen molar-refractivity contribution in [3.8, 4) is 0 Å². The molecule has 0 radical (unpaired) electrons. The predicted octanol–water partition coefficient (Wildman–Crippen LogP) is 2.29. The third-order valence-corrected chi connectivity index (χ3v) is 6.42. The fourth-order valence-corrected chi connectivity index (χ4v) is 4.85. The van der Waals surface area contributed by atoms with Crippen molar-refractivity contribution in [3.05, 3.63) is 76.3 Å². The van der Waals surface area contributed by atoms with Gasteiger partial charge in [-0.15, -0.1) is 10.2 Å². The summed E-state index contributed by atoms with van der Waals surface area (Å²) in [5.74, 6) is 0.383. The number of aryl methyl sites for hydroxylation is 2. The monoisotopic (exact) mass is 457 g/mol.